The van der Waals surface area contributed by atoms with Gasteiger partial charge >= 0.3 is 0 Å². The highest BCUT2D eigenvalue weighted by molar-refractivity contribution is 6.33. The Kier molecular flexibility index (Phi) is 10.3. The van der Waals surface area contributed by atoms with Crippen LogP contribution in [-0.4, -0.2) is 119 Å². The number of piperidine rings is 2. The molecule has 1 saturated carbocycles. The molecule has 1 N–H and O–H groups in total. The molecule has 5 heterocycles. The zero-order valence-electron chi connectivity index (χ0n) is 32.5. The van der Waals surface area contributed by atoms with Gasteiger partial charge in [0.2, 0.25) is 17.5 Å². The lowest BCUT2D eigenvalue weighted by Crippen LogP contribution is -2.54. The van der Waals surface area contributed by atoms with Crippen molar-refractivity contribution in [2.45, 2.75) is 82.1 Å². The summed E-state index contributed by atoms with van der Waals surface area (Å²) < 4.78 is 6.16. The van der Waals surface area contributed by atoms with Gasteiger partial charge in [-0.1, -0.05) is 17.7 Å². The molecule has 0 bridgehead atoms. The summed E-state index contributed by atoms with van der Waals surface area (Å²) in [6, 6.07) is 15.4. The average Bonchev–Trinajstić information content (AvgIpc) is 3.71. The van der Waals surface area contributed by atoms with Gasteiger partial charge in [0, 0.05) is 81.1 Å². The molecule has 5 aliphatic heterocycles. The number of amides is 6. The van der Waals surface area contributed by atoms with Crippen molar-refractivity contribution in [2.24, 2.45) is 0 Å². The van der Waals surface area contributed by atoms with Crippen LogP contribution in [0.25, 0.3) is 4.85 Å². The lowest BCUT2D eigenvalue weighted by atomic mass is 9.92. The van der Waals surface area contributed by atoms with E-state index in [2.05, 4.69) is 20.0 Å². The molecule has 59 heavy (non-hydrogen) atoms. The van der Waals surface area contributed by atoms with E-state index in [0.717, 1.165) is 80.9 Å². The van der Waals surface area contributed by atoms with Crippen molar-refractivity contribution in [3.8, 4) is 5.75 Å². The van der Waals surface area contributed by atoms with Crippen molar-refractivity contribution in [2.75, 3.05) is 44.2 Å². The first-order valence-corrected chi connectivity index (χ1v) is 20.9. The minimum Gasteiger partial charge on any atom is -0.490 e. The van der Waals surface area contributed by atoms with Crippen LogP contribution in [0.15, 0.2) is 54.6 Å². The summed E-state index contributed by atoms with van der Waals surface area (Å²) in [4.78, 5) is 90.8. The Hall–Kier alpha value is -5.78. The van der Waals surface area contributed by atoms with Crippen molar-refractivity contribution >= 4 is 58.4 Å². The van der Waals surface area contributed by atoms with Crippen LogP contribution in [-0.2, 0) is 16.1 Å². The highest BCUT2D eigenvalue weighted by atomic mass is 35.5. The molecule has 3 saturated heterocycles. The van der Waals surface area contributed by atoms with Crippen LogP contribution >= 0.6 is 11.6 Å². The van der Waals surface area contributed by atoms with E-state index in [9.17, 15) is 28.8 Å². The summed E-state index contributed by atoms with van der Waals surface area (Å²) in [5.74, 6) is -1.40. The number of fused-ring (bicyclic) bond motifs is 2. The second kappa shape index (κ2) is 15.8. The van der Waals surface area contributed by atoms with E-state index in [1.54, 1.807) is 36.4 Å². The fourth-order valence-electron chi connectivity index (χ4n) is 9.71. The molecule has 1 atom stereocenters. The number of nitrogens with one attached hydrogen (secondary N) is 1. The van der Waals surface area contributed by atoms with Crippen LogP contribution in [0.5, 0.6) is 5.75 Å². The van der Waals surface area contributed by atoms with Gasteiger partial charge in [0.1, 0.15) is 11.8 Å². The van der Waals surface area contributed by atoms with Crippen LogP contribution in [0.3, 0.4) is 0 Å². The Morgan fingerprint density at radius 2 is 1.47 bits per heavy atom. The molecule has 6 aliphatic rings. The topological polar surface area (TPSA) is 144 Å². The maximum Gasteiger partial charge on any atom is 0.262 e. The van der Waals surface area contributed by atoms with Gasteiger partial charge in [-0.2, -0.15) is 0 Å². The smallest absolute Gasteiger partial charge is 0.262 e. The summed E-state index contributed by atoms with van der Waals surface area (Å²) in [6.07, 6.45) is 5.28. The molecule has 0 spiro atoms. The SMILES string of the molecule is [C-]#[N+]c1ccc(OC2CCC(N3Cc4cc(C(=O)N5CCN(C6CCN(c7ccc8c(c7)C(=O)N(C7CCC(=O)NC7=O)C8=O)CC6)CC5)ccc4C3=O)CC2)cc1Cl. The lowest BCUT2D eigenvalue weighted by molar-refractivity contribution is -0.136. The first-order valence-electron chi connectivity index (χ1n) is 20.5. The molecule has 3 aromatic carbocycles. The molecule has 0 aromatic heterocycles. The normalized spacial score (nSPS) is 23.9. The molecular formula is C44H44ClN7O7. The van der Waals surface area contributed by atoms with Crippen LogP contribution in [0.4, 0.5) is 11.4 Å². The van der Waals surface area contributed by atoms with Crippen LogP contribution in [0, 0.1) is 6.57 Å². The van der Waals surface area contributed by atoms with Gasteiger partial charge in [-0.05, 0) is 99.0 Å². The second-order valence-electron chi connectivity index (χ2n) is 16.3. The first-order chi connectivity index (χ1) is 28.6. The van der Waals surface area contributed by atoms with E-state index >= 15 is 0 Å². The maximum atomic E-state index is 13.7. The zero-order valence-corrected chi connectivity index (χ0v) is 33.3. The third-order valence-electron chi connectivity index (χ3n) is 13.0. The van der Waals surface area contributed by atoms with Gasteiger partial charge in [-0.15, -0.1) is 0 Å². The van der Waals surface area contributed by atoms with Gasteiger partial charge in [0.05, 0.1) is 28.8 Å². The Bertz CT molecular complexity index is 2300. The Morgan fingerprint density at radius 1 is 0.746 bits per heavy atom. The number of hydrogen-bond donors (Lipinski definition) is 1. The molecule has 0 radical (unpaired) electrons. The molecular weight excluding hydrogens is 774 g/mol. The number of halogens is 1. The highest BCUT2D eigenvalue weighted by Gasteiger charge is 2.45. The third-order valence-corrected chi connectivity index (χ3v) is 13.3. The van der Waals surface area contributed by atoms with Gasteiger partial charge in [-0.25, -0.2) is 4.85 Å². The van der Waals surface area contributed by atoms with E-state index in [1.165, 1.54) is 0 Å². The van der Waals surface area contributed by atoms with Crippen LogP contribution in [0.1, 0.15) is 98.4 Å². The number of anilines is 1. The Labute approximate surface area is 346 Å². The lowest BCUT2D eigenvalue weighted by Gasteiger charge is -2.43. The standard InChI is InChI=1S/C44H44ClN7O7/c1-46-37-11-8-32(24-36(37)45)59-31-6-3-29(4-7-31)51-25-27-22-26(2-9-33(27)42(51)56)41(55)50-20-18-49(19-21-50)28-14-16-48(17-15-28)30-5-10-34-35(23-30)44(58)52(43(34)57)38-12-13-39(53)47-40(38)54/h2,5,8-11,22-24,28-29,31,38H,3-4,6-7,12-21,25H2,(H,47,53,54). The second-order valence-corrected chi connectivity index (χ2v) is 16.7. The molecule has 6 amide bonds. The van der Waals surface area contributed by atoms with E-state index in [4.69, 9.17) is 22.9 Å². The summed E-state index contributed by atoms with van der Waals surface area (Å²) in [5, 5.41) is 2.61. The number of ether oxygens (including phenoxy) is 1. The average molecular weight is 818 g/mol. The molecule has 15 heteroatoms. The Morgan fingerprint density at radius 3 is 2.19 bits per heavy atom. The number of carbonyl (C=O) groups excluding carboxylic acids is 6. The quantitative estimate of drug-likeness (QED) is 0.256. The number of piperazine rings is 1. The highest BCUT2D eigenvalue weighted by Crippen LogP contribution is 2.36. The largest absolute Gasteiger partial charge is 0.490 e. The van der Waals surface area contributed by atoms with Gasteiger partial charge < -0.3 is 19.4 Å². The molecule has 4 fully saturated rings. The number of imide groups is 2. The number of nitrogens with zero attached hydrogens (tertiary/aromatic N) is 6. The predicted octanol–water partition coefficient (Wildman–Crippen LogP) is 5.06. The number of rotatable bonds is 7. The minimum atomic E-state index is -0.992. The van der Waals surface area contributed by atoms with Crippen molar-refractivity contribution in [1.29, 1.82) is 0 Å². The number of hydrogen-bond acceptors (Lipinski definition) is 9. The van der Waals surface area contributed by atoms with E-state index < -0.39 is 29.7 Å². The zero-order chi connectivity index (χ0) is 40.9. The van der Waals surface area contributed by atoms with Gasteiger partial charge in [-0.3, -0.25) is 43.9 Å². The minimum absolute atomic E-state index is 0.0132. The fraction of sp³-hybridized carbons (Fsp3) is 0.432. The van der Waals surface area contributed by atoms with Crippen molar-refractivity contribution in [1.82, 2.24) is 24.9 Å². The van der Waals surface area contributed by atoms with Gasteiger partial charge in [0.25, 0.3) is 23.6 Å². The van der Waals surface area contributed by atoms with Crippen molar-refractivity contribution in [3.05, 3.63) is 98.9 Å². The van der Waals surface area contributed by atoms with E-state index in [1.807, 2.05) is 28.0 Å². The van der Waals surface area contributed by atoms with Crippen molar-refractivity contribution < 1.29 is 33.5 Å². The maximum absolute atomic E-state index is 13.7. The molecule has 3 aromatic rings. The molecule has 14 nitrogen and oxygen atoms in total. The van der Waals surface area contributed by atoms with Crippen molar-refractivity contribution in [3.63, 3.8) is 0 Å². The number of carbonyl (C=O) groups is 6. The molecule has 9 rings (SSSR count). The summed E-state index contributed by atoms with van der Waals surface area (Å²) in [7, 11) is 0. The van der Waals surface area contributed by atoms with E-state index in [0.29, 0.717) is 53.3 Å². The number of benzene rings is 3. The molecule has 1 aliphatic carbocycles. The third kappa shape index (κ3) is 7.31. The first kappa shape index (κ1) is 38.7. The summed E-state index contributed by atoms with van der Waals surface area (Å²) >= 11 is 6.20. The molecule has 304 valence electrons. The van der Waals surface area contributed by atoms with Crippen LogP contribution < -0.4 is 15.0 Å². The van der Waals surface area contributed by atoms with Crippen LogP contribution in [0.2, 0.25) is 5.02 Å². The fourth-order valence-corrected chi connectivity index (χ4v) is 9.92. The molecule has 1 unspecified atom stereocenters. The van der Waals surface area contributed by atoms with Gasteiger partial charge in [0.15, 0.2) is 0 Å². The summed E-state index contributed by atoms with van der Waals surface area (Å²) in [5.41, 5.74) is 3.97. The predicted molar refractivity (Wildman–Crippen MR) is 217 cm³/mol. The Balaban J connectivity index is 0.745. The van der Waals surface area contributed by atoms with E-state index in [-0.39, 0.29) is 47.9 Å². The summed E-state index contributed by atoms with van der Waals surface area (Å²) in [6.45, 7) is 12.0. The monoisotopic (exact) mass is 817 g/mol.